The van der Waals surface area contributed by atoms with Crippen LogP contribution < -0.4 is 5.32 Å². The minimum absolute atomic E-state index is 0.354. The maximum atomic E-state index is 11.0. The Morgan fingerprint density at radius 3 is 1.67 bits per heavy atom. The summed E-state index contributed by atoms with van der Waals surface area (Å²) in [5.74, 6) is -0.732. The lowest BCUT2D eigenvalue weighted by atomic mass is 10.1. The van der Waals surface area contributed by atoms with E-state index in [0.29, 0.717) is 16.1 Å². The van der Waals surface area contributed by atoms with Crippen molar-refractivity contribution in [2.45, 2.75) is 0 Å². The minimum Gasteiger partial charge on any atom is -0.288 e. The zero-order valence-electron chi connectivity index (χ0n) is 12.7. The van der Waals surface area contributed by atoms with Crippen LogP contribution in [-0.4, -0.2) is 11.8 Å². The smallest absolute Gasteiger partial charge is 0.258 e. The molecule has 0 unspecified atom stereocenters. The summed E-state index contributed by atoms with van der Waals surface area (Å²) in [5, 5.41) is 2.63. The van der Waals surface area contributed by atoms with Gasteiger partial charge < -0.3 is 0 Å². The minimum atomic E-state index is -0.377. The Bertz CT molecular complexity index is 839. The second kappa shape index (κ2) is 7.11. The van der Waals surface area contributed by atoms with Crippen molar-refractivity contribution in [2.24, 2.45) is 0 Å². The van der Waals surface area contributed by atoms with E-state index in [4.69, 9.17) is 11.6 Å². The number of carbonyl (C=O) groups excluding carboxylic acids is 2. The number of halogens is 1. The highest BCUT2D eigenvalue weighted by Crippen LogP contribution is 2.19. The topological polar surface area (TPSA) is 46.2 Å². The second-order valence-electron chi connectivity index (χ2n) is 5.21. The van der Waals surface area contributed by atoms with Gasteiger partial charge in [-0.25, -0.2) is 0 Å². The van der Waals surface area contributed by atoms with Crippen LogP contribution >= 0.6 is 11.6 Å². The molecule has 0 spiro atoms. The van der Waals surface area contributed by atoms with Gasteiger partial charge in [-0.1, -0.05) is 72.3 Å². The standard InChI is InChI=1S/C12H10.C8H4ClNO2/c1-3-7-11(8-4-1)12-9-5-2-6-10-12;9-4-1-2-5-6(3-4)8(12)10-7(5)11/h1-10H;1-3H,(H,10,11,12). The molecule has 3 aromatic rings. The zero-order valence-corrected chi connectivity index (χ0v) is 13.5. The lowest BCUT2D eigenvalue weighted by Crippen LogP contribution is -2.19. The Hall–Kier alpha value is -2.91. The van der Waals surface area contributed by atoms with Crippen molar-refractivity contribution in [1.29, 1.82) is 0 Å². The van der Waals surface area contributed by atoms with E-state index in [0.717, 1.165) is 0 Å². The van der Waals surface area contributed by atoms with Crippen molar-refractivity contribution in [2.75, 3.05) is 0 Å². The third-order valence-electron chi connectivity index (χ3n) is 3.58. The summed E-state index contributed by atoms with van der Waals surface area (Å²) in [7, 11) is 0. The molecule has 0 aromatic heterocycles. The molecule has 0 fully saturated rings. The molecule has 1 heterocycles. The third kappa shape index (κ3) is 3.53. The van der Waals surface area contributed by atoms with Crippen molar-refractivity contribution < 1.29 is 9.59 Å². The Kier molecular flexibility index (Phi) is 4.73. The molecule has 0 radical (unpaired) electrons. The fourth-order valence-electron chi connectivity index (χ4n) is 2.40. The van der Waals surface area contributed by atoms with Crippen molar-refractivity contribution in [3.8, 4) is 11.1 Å². The van der Waals surface area contributed by atoms with E-state index in [1.54, 1.807) is 6.07 Å². The molecule has 1 aliphatic heterocycles. The molecule has 4 rings (SSSR count). The number of hydrogen-bond acceptors (Lipinski definition) is 2. The van der Waals surface area contributed by atoms with E-state index in [2.05, 4.69) is 53.8 Å². The number of imide groups is 1. The van der Waals surface area contributed by atoms with Crippen molar-refractivity contribution in [1.82, 2.24) is 5.32 Å². The quantitative estimate of drug-likeness (QED) is 0.662. The Balaban J connectivity index is 0.000000141. The van der Waals surface area contributed by atoms with Crippen LogP contribution in [0.15, 0.2) is 78.9 Å². The molecular formula is C20H14ClNO2. The summed E-state index contributed by atoms with van der Waals surface area (Å²) in [4.78, 5) is 22.0. The Labute approximate surface area is 144 Å². The fourth-order valence-corrected chi connectivity index (χ4v) is 2.57. The van der Waals surface area contributed by atoms with Crippen LogP contribution in [0.5, 0.6) is 0 Å². The summed E-state index contributed by atoms with van der Waals surface area (Å²) >= 11 is 5.65. The van der Waals surface area contributed by atoms with Crippen LogP contribution in [0, 0.1) is 0 Å². The van der Waals surface area contributed by atoms with Crippen LogP contribution in [0.25, 0.3) is 11.1 Å². The average Bonchev–Trinajstić information content (AvgIpc) is 2.91. The summed E-state index contributed by atoms with van der Waals surface area (Å²) < 4.78 is 0. The Morgan fingerprint density at radius 2 is 1.12 bits per heavy atom. The van der Waals surface area contributed by atoms with E-state index >= 15 is 0 Å². The van der Waals surface area contributed by atoms with E-state index in [1.807, 2.05) is 12.1 Å². The summed E-state index contributed by atoms with van der Waals surface area (Å²) in [6.07, 6.45) is 0. The van der Waals surface area contributed by atoms with Crippen LogP contribution in [0.4, 0.5) is 0 Å². The van der Waals surface area contributed by atoms with E-state index < -0.39 is 0 Å². The predicted molar refractivity (Wildman–Crippen MR) is 95.1 cm³/mol. The molecule has 4 heteroatoms. The molecule has 1 aliphatic rings. The predicted octanol–water partition coefficient (Wildman–Crippen LogP) is 4.58. The first-order valence-electron chi connectivity index (χ1n) is 7.41. The molecule has 0 saturated heterocycles. The lowest BCUT2D eigenvalue weighted by molar-refractivity contribution is 0.0879. The molecule has 0 bridgehead atoms. The zero-order chi connectivity index (χ0) is 16.9. The molecule has 2 amide bonds. The maximum absolute atomic E-state index is 11.0. The van der Waals surface area contributed by atoms with Crippen molar-refractivity contribution in [3.05, 3.63) is 95.0 Å². The maximum Gasteiger partial charge on any atom is 0.258 e. The molecule has 0 saturated carbocycles. The van der Waals surface area contributed by atoms with Gasteiger partial charge in [0, 0.05) is 5.02 Å². The first-order chi connectivity index (χ1) is 11.6. The van der Waals surface area contributed by atoms with Crippen LogP contribution in [-0.2, 0) is 0 Å². The van der Waals surface area contributed by atoms with Gasteiger partial charge in [-0.15, -0.1) is 0 Å². The average molecular weight is 336 g/mol. The van der Waals surface area contributed by atoms with Gasteiger partial charge in [0.15, 0.2) is 0 Å². The summed E-state index contributed by atoms with van der Waals surface area (Å²) in [5.41, 5.74) is 3.30. The van der Waals surface area contributed by atoms with Crippen molar-refractivity contribution >= 4 is 23.4 Å². The summed E-state index contributed by atoms with van der Waals surface area (Å²) in [6.45, 7) is 0. The van der Waals surface area contributed by atoms with Crippen molar-refractivity contribution in [3.63, 3.8) is 0 Å². The van der Waals surface area contributed by atoms with Gasteiger partial charge in [-0.05, 0) is 29.3 Å². The molecule has 0 atom stereocenters. The first-order valence-corrected chi connectivity index (χ1v) is 7.78. The van der Waals surface area contributed by atoms with E-state index in [9.17, 15) is 9.59 Å². The van der Waals surface area contributed by atoms with Crippen LogP contribution in [0.1, 0.15) is 20.7 Å². The second-order valence-corrected chi connectivity index (χ2v) is 5.64. The largest absolute Gasteiger partial charge is 0.288 e. The number of nitrogens with one attached hydrogen (secondary N) is 1. The number of carbonyl (C=O) groups is 2. The van der Waals surface area contributed by atoms with Gasteiger partial charge in [0.05, 0.1) is 11.1 Å². The molecule has 118 valence electrons. The number of benzene rings is 3. The molecule has 0 aliphatic carbocycles. The molecular weight excluding hydrogens is 322 g/mol. The van der Waals surface area contributed by atoms with Gasteiger partial charge in [-0.3, -0.25) is 14.9 Å². The molecule has 3 nitrogen and oxygen atoms in total. The SMILES string of the molecule is O=C1NC(=O)c2cc(Cl)ccc21.c1ccc(-c2ccccc2)cc1. The van der Waals surface area contributed by atoms with E-state index in [-0.39, 0.29) is 11.8 Å². The fraction of sp³-hybridized carbons (Fsp3) is 0. The third-order valence-corrected chi connectivity index (χ3v) is 3.81. The van der Waals surface area contributed by atoms with Crippen LogP contribution in [0.3, 0.4) is 0 Å². The number of amides is 2. The number of hydrogen-bond donors (Lipinski definition) is 1. The molecule has 1 N–H and O–H groups in total. The van der Waals surface area contributed by atoms with E-state index in [1.165, 1.54) is 23.3 Å². The highest BCUT2D eigenvalue weighted by Gasteiger charge is 2.26. The van der Waals surface area contributed by atoms with Gasteiger partial charge in [-0.2, -0.15) is 0 Å². The monoisotopic (exact) mass is 335 g/mol. The number of fused-ring (bicyclic) bond motifs is 1. The first kappa shape index (κ1) is 16.0. The highest BCUT2D eigenvalue weighted by atomic mass is 35.5. The van der Waals surface area contributed by atoms with Crippen LogP contribution in [0.2, 0.25) is 5.02 Å². The molecule has 24 heavy (non-hydrogen) atoms. The van der Waals surface area contributed by atoms with Gasteiger partial charge in [0.2, 0.25) is 0 Å². The normalized spacial score (nSPS) is 12.0. The van der Waals surface area contributed by atoms with Gasteiger partial charge in [0.1, 0.15) is 0 Å². The van der Waals surface area contributed by atoms with Gasteiger partial charge >= 0.3 is 0 Å². The lowest BCUT2D eigenvalue weighted by Gasteiger charge is -1.98. The summed E-state index contributed by atoms with van der Waals surface area (Å²) in [6, 6.07) is 25.4. The van der Waals surface area contributed by atoms with Gasteiger partial charge in [0.25, 0.3) is 11.8 Å². The number of rotatable bonds is 1. The highest BCUT2D eigenvalue weighted by molar-refractivity contribution is 6.32. The Morgan fingerprint density at radius 1 is 0.625 bits per heavy atom. The molecule has 3 aromatic carbocycles.